The quantitative estimate of drug-likeness (QED) is 0.164. The fourth-order valence-corrected chi connectivity index (χ4v) is 8.41. The van der Waals surface area contributed by atoms with E-state index in [0.29, 0.717) is 0 Å². The number of rotatable bonds is 7. The third kappa shape index (κ3) is 5.17. The molecule has 0 saturated heterocycles. The third-order valence-corrected chi connectivity index (χ3v) is 10.8. The first-order chi connectivity index (χ1) is 25.6. The average molecular weight is 666 g/mol. The summed E-state index contributed by atoms with van der Waals surface area (Å²) in [6.07, 6.45) is 0. The molecule has 1 nitrogen and oxygen atoms in total. The fraction of sp³-hybridized carbons (Fsp3) is 0.0588. The van der Waals surface area contributed by atoms with E-state index < -0.39 is 5.41 Å². The lowest BCUT2D eigenvalue weighted by Gasteiger charge is -2.35. The van der Waals surface area contributed by atoms with E-state index in [1.165, 1.54) is 66.8 Å². The molecule has 52 heavy (non-hydrogen) atoms. The molecule has 8 aromatic carbocycles. The number of aryl methyl sites for hydroxylation is 2. The Bertz CT molecular complexity index is 2390. The van der Waals surface area contributed by atoms with Gasteiger partial charge < -0.3 is 4.90 Å². The Morgan fingerprint density at radius 3 is 1.29 bits per heavy atom. The smallest absolute Gasteiger partial charge is 0.0714 e. The molecule has 0 bridgehead atoms. The second kappa shape index (κ2) is 13.0. The molecule has 0 N–H and O–H groups in total. The minimum Gasteiger partial charge on any atom is -0.310 e. The first-order valence-electron chi connectivity index (χ1n) is 18.1. The molecular weight excluding hydrogens is 627 g/mol. The van der Waals surface area contributed by atoms with E-state index in [1.807, 2.05) is 0 Å². The maximum Gasteiger partial charge on any atom is 0.0714 e. The van der Waals surface area contributed by atoms with Crippen LogP contribution in [0.5, 0.6) is 0 Å². The van der Waals surface area contributed by atoms with Crippen LogP contribution >= 0.6 is 0 Å². The van der Waals surface area contributed by atoms with Crippen LogP contribution in [-0.2, 0) is 5.41 Å². The van der Waals surface area contributed by atoms with Crippen LogP contribution in [0.4, 0.5) is 17.1 Å². The summed E-state index contributed by atoms with van der Waals surface area (Å²) < 4.78 is 0. The van der Waals surface area contributed by atoms with Crippen molar-refractivity contribution in [2.75, 3.05) is 4.90 Å². The third-order valence-electron chi connectivity index (χ3n) is 10.8. The van der Waals surface area contributed by atoms with E-state index in [4.69, 9.17) is 0 Å². The zero-order valence-corrected chi connectivity index (χ0v) is 29.5. The van der Waals surface area contributed by atoms with Gasteiger partial charge >= 0.3 is 0 Å². The van der Waals surface area contributed by atoms with Crippen molar-refractivity contribution in [2.45, 2.75) is 19.3 Å². The van der Waals surface area contributed by atoms with Crippen LogP contribution in [0.1, 0.15) is 33.4 Å². The lowest BCUT2D eigenvalue weighted by atomic mass is 9.67. The van der Waals surface area contributed by atoms with Crippen LogP contribution in [0.15, 0.2) is 200 Å². The second-order valence-electron chi connectivity index (χ2n) is 13.8. The van der Waals surface area contributed by atoms with Crippen LogP contribution in [0.25, 0.3) is 33.4 Å². The van der Waals surface area contributed by atoms with Gasteiger partial charge in [-0.2, -0.15) is 0 Å². The lowest BCUT2D eigenvalue weighted by molar-refractivity contribution is 0.768. The zero-order valence-electron chi connectivity index (χ0n) is 29.5. The number of hydrogen-bond acceptors (Lipinski definition) is 1. The van der Waals surface area contributed by atoms with Crippen LogP contribution < -0.4 is 4.90 Å². The van der Waals surface area contributed by atoms with E-state index in [0.717, 1.165) is 17.1 Å². The van der Waals surface area contributed by atoms with Gasteiger partial charge in [-0.05, 0) is 117 Å². The van der Waals surface area contributed by atoms with Gasteiger partial charge in [0.1, 0.15) is 0 Å². The maximum atomic E-state index is 2.47. The van der Waals surface area contributed by atoms with Gasteiger partial charge in [-0.3, -0.25) is 0 Å². The van der Waals surface area contributed by atoms with Crippen LogP contribution in [0, 0.1) is 13.8 Å². The molecule has 1 aliphatic carbocycles. The molecule has 0 radical (unpaired) electrons. The van der Waals surface area contributed by atoms with Gasteiger partial charge in [0.15, 0.2) is 0 Å². The van der Waals surface area contributed by atoms with Gasteiger partial charge in [0.05, 0.1) is 5.41 Å². The first kappa shape index (κ1) is 31.5. The normalized spacial score (nSPS) is 12.6. The van der Waals surface area contributed by atoms with Crippen LogP contribution in [0.3, 0.4) is 0 Å². The molecule has 8 aromatic rings. The summed E-state index contributed by atoms with van der Waals surface area (Å²) in [5.41, 5.74) is 18.0. The summed E-state index contributed by atoms with van der Waals surface area (Å²) in [7, 11) is 0. The van der Waals surface area contributed by atoms with Crippen molar-refractivity contribution >= 4 is 17.1 Å². The number of anilines is 3. The molecule has 9 rings (SSSR count). The summed E-state index contributed by atoms with van der Waals surface area (Å²) in [6, 6.07) is 73.3. The molecule has 0 heterocycles. The maximum absolute atomic E-state index is 2.47. The number of hydrogen-bond donors (Lipinski definition) is 0. The van der Waals surface area contributed by atoms with Gasteiger partial charge in [-0.1, -0.05) is 164 Å². The molecule has 0 saturated carbocycles. The van der Waals surface area contributed by atoms with Gasteiger partial charge in [0.2, 0.25) is 0 Å². The van der Waals surface area contributed by atoms with Crippen LogP contribution in [0.2, 0.25) is 0 Å². The Balaban J connectivity index is 1.29. The Morgan fingerprint density at radius 1 is 0.346 bits per heavy atom. The van der Waals surface area contributed by atoms with Gasteiger partial charge in [-0.25, -0.2) is 0 Å². The van der Waals surface area contributed by atoms with E-state index in [-0.39, 0.29) is 0 Å². The fourth-order valence-electron chi connectivity index (χ4n) is 8.41. The van der Waals surface area contributed by atoms with E-state index in [1.54, 1.807) is 0 Å². The molecule has 1 aliphatic rings. The molecule has 1 heteroatoms. The minimum absolute atomic E-state index is 0.478. The van der Waals surface area contributed by atoms with Crippen LogP contribution in [-0.4, -0.2) is 0 Å². The predicted octanol–water partition coefficient (Wildman–Crippen LogP) is 13.5. The molecular formula is C51H39N. The molecule has 0 fully saturated rings. The molecule has 0 unspecified atom stereocenters. The molecule has 0 atom stereocenters. The van der Waals surface area contributed by atoms with E-state index in [2.05, 4.69) is 219 Å². The summed E-state index contributed by atoms with van der Waals surface area (Å²) in [6.45, 7) is 4.48. The zero-order chi connectivity index (χ0) is 35.1. The Kier molecular flexibility index (Phi) is 7.90. The lowest BCUT2D eigenvalue weighted by Crippen LogP contribution is -2.28. The summed E-state index contributed by atoms with van der Waals surface area (Å²) in [4.78, 5) is 2.47. The van der Waals surface area contributed by atoms with E-state index in [9.17, 15) is 0 Å². The number of fused-ring (bicyclic) bond motifs is 3. The van der Waals surface area contributed by atoms with Crippen molar-refractivity contribution in [3.05, 3.63) is 234 Å². The van der Waals surface area contributed by atoms with Crippen molar-refractivity contribution < 1.29 is 0 Å². The standard InChI is InChI=1S/C51H39N/c1-36-33-40(38-17-7-3-8-18-38)27-31-49(36)52(50-32-28-41(34-37(50)2)39-19-9-4-10-20-39)44-29-30-46-45-25-15-16-26-47(45)51(48(46)35-44,42-21-11-5-12-22-42)43-23-13-6-14-24-43/h3-35H,1-2H3. The van der Waals surface area contributed by atoms with Crippen molar-refractivity contribution in [3.8, 4) is 33.4 Å². The highest BCUT2D eigenvalue weighted by molar-refractivity contribution is 5.90. The van der Waals surface area contributed by atoms with Crippen molar-refractivity contribution in [1.82, 2.24) is 0 Å². The largest absolute Gasteiger partial charge is 0.310 e. The number of nitrogens with zero attached hydrogens (tertiary/aromatic N) is 1. The van der Waals surface area contributed by atoms with Gasteiger partial charge in [0.25, 0.3) is 0 Å². The van der Waals surface area contributed by atoms with E-state index >= 15 is 0 Å². The second-order valence-corrected chi connectivity index (χ2v) is 13.8. The predicted molar refractivity (Wildman–Crippen MR) is 219 cm³/mol. The highest BCUT2D eigenvalue weighted by atomic mass is 15.1. The Morgan fingerprint density at radius 2 is 0.788 bits per heavy atom. The molecule has 0 amide bonds. The Hall–Kier alpha value is -6.44. The Labute approximate surface area is 307 Å². The monoisotopic (exact) mass is 665 g/mol. The average Bonchev–Trinajstić information content (AvgIpc) is 3.51. The van der Waals surface area contributed by atoms with Crippen molar-refractivity contribution in [2.24, 2.45) is 0 Å². The summed E-state index contributed by atoms with van der Waals surface area (Å²) in [5, 5.41) is 0. The van der Waals surface area contributed by atoms with Crippen molar-refractivity contribution in [3.63, 3.8) is 0 Å². The van der Waals surface area contributed by atoms with Crippen molar-refractivity contribution in [1.29, 1.82) is 0 Å². The topological polar surface area (TPSA) is 3.24 Å². The molecule has 0 aromatic heterocycles. The highest BCUT2D eigenvalue weighted by Crippen LogP contribution is 2.57. The highest BCUT2D eigenvalue weighted by Gasteiger charge is 2.46. The minimum atomic E-state index is -0.478. The number of benzene rings is 8. The molecule has 248 valence electrons. The van der Waals surface area contributed by atoms with Gasteiger partial charge in [-0.15, -0.1) is 0 Å². The summed E-state index contributed by atoms with van der Waals surface area (Å²) >= 11 is 0. The van der Waals surface area contributed by atoms with Gasteiger partial charge in [0, 0.05) is 17.1 Å². The molecule has 0 aliphatic heterocycles. The SMILES string of the molecule is Cc1cc(-c2ccccc2)ccc1N(c1ccc2c(c1)C(c1ccccc1)(c1ccccc1)c1ccccc1-2)c1ccc(-c2ccccc2)cc1C. The molecule has 0 spiro atoms. The summed E-state index contributed by atoms with van der Waals surface area (Å²) in [5.74, 6) is 0. The first-order valence-corrected chi connectivity index (χ1v) is 18.1.